The molecular weight excluding hydrogens is 376 g/mol. The lowest BCUT2D eigenvalue weighted by Crippen LogP contribution is -2.42. The van der Waals surface area contributed by atoms with Gasteiger partial charge in [-0.3, -0.25) is 9.59 Å². The zero-order valence-electron chi connectivity index (χ0n) is 17.9. The van der Waals surface area contributed by atoms with Crippen molar-refractivity contribution in [3.63, 3.8) is 0 Å². The summed E-state index contributed by atoms with van der Waals surface area (Å²) in [7, 11) is 0. The highest BCUT2D eigenvalue weighted by molar-refractivity contribution is 5.94. The zero-order chi connectivity index (χ0) is 20.8. The summed E-state index contributed by atoms with van der Waals surface area (Å²) >= 11 is 0. The zero-order valence-corrected chi connectivity index (χ0v) is 17.9. The Kier molecular flexibility index (Phi) is 7.03. The number of nitrogens with one attached hydrogen (secondary N) is 1. The molecule has 0 radical (unpaired) electrons. The van der Waals surface area contributed by atoms with Crippen molar-refractivity contribution < 1.29 is 9.59 Å². The van der Waals surface area contributed by atoms with Gasteiger partial charge in [0, 0.05) is 44.1 Å². The number of hydrogen-bond acceptors (Lipinski definition) is 3. The first kappa shape index (κ1) is 20.9. The smallest absolute Gasteiger partial charge is 0.252 e. The molecule has 0 spiro atoms. The van der Waals surface area contributed by atoms with Crippen LogP contribution in [0.4, 0.5) is 0 Å². The van der Waals surface area contributed by atoms with Gasteiger partial charge in [0.2, 0.25) is 5.91 Å². The van der Waals surface area contributed by atoms with E-state index in [1.165, 1.54) is 25.7 Å². The Morgan fingerprint density at radius 3 is 2.63 bits per heavy atom. The van der Waals surface area contributed by atoms with Gasteiger partial charge in [-0.25, -0.2) is 4.98 Å². The number of pyridine rings is 1. The molecule has 1 saturated heterocycles. The van der Waals surface area contributed by atoms with Crippen molar-refractivity contribution >= 4 is 17.5 Å². The average Bonchev–Trinajstić information content (AvgIpc) is 3.27. The van der Waals surface area contributed by atoms with Crippen molar-refractivity contribution in [1.82, 2.24) is 19.6 Å². The number of imidazole rings is 1. The number of fused-ring (bicyclic) bond motifs is 1. The number of unbranched alkanes of at least 4 members (excludes halogenated alkanes) is 1. The fourth-order valence-electron chi connectivity index (χ4n) is 4.97. The summed E-state index contributed by atoms with van der Waals surface area (Å²) in [4.78, 5) is 31.3. The van der Waals surface area contributed by atoms with Crippen molar-refractivity contribution in [2.75, 3.05) is 19.6 Å². The fourth-order valence-corrected chi connectivity index (χ4v) is 4.97. The van der Waals surface area contributed by atoms with E-state index >= 15 is 0 Å². The number of likely N-dealkylation sites (tertiary alicyclic amines) is 1. The predicted octanol–water partition coefficient (Wildman–Crippen LogP) is 4.05. The third-order valence-corrected chi connectivity index (χ3v) is 6.86. The van der Waals surface area contributed by atoms with E-state index in [0.717, 1.165) is 63.2 Å². The highest BCUT2D eigenvalue weighted by atomic mass is 16.2. The molecule has 2 aliphatic rings. The minimum atomic E-state index is -0.0277. The number of hydrogen-bond donors (Lipinski definition) is 1. The Morgan fingerprint density at radius 2 is 1.83 bits per heavy atom. The number of rotatable bonds is 7. The number of piperidine rings is 1. The molecule has 0 unspecified atom stereocenters. The Labute approximate surface area is 179 Å². The van der Waals surface area contributed by atoms with Gasteiger partial charge in [-0.05, 0) is 50.2 Å². The standard InChI is InChI=1S/C24H34N4O2/c29-23(21-9-10-22-25-14-17-28(22)18-21)26-13-5-4-6-19-11-15-27(16-12-19)24(30)20-7-2-1-3-8-20/h9-10,14,17-20H,1-8,11-13,15-16H2,(H,26,29). The molecule has 3 heterocycles. The van der Waals surface area contributed by atoms with Gasteiger partial charge in [-0.1, -0.05) is 32.1 Å². The minimum Gasteiger partial charge on any atom is -0.352 e. The van der Waals surface area contributed by atoms with Crippen LogP contribution in [0.3, 0.4) is 0 Å². The third-order valence-electron chi connectivity index (χ3n) is 6.86. The SMILES string of the molecule is O=C(NCCCCC1CCN(C(=O)C2CCCCC2)CC1)c1ccc2nccn2c1. The first-order valence-corrected chi connectivity index (χ1v) is 11.7. The van der Waals surface area contributed by atoms with Crippen molar-refractivity contribution in [3.05, 3.63) is 36.3 Å². The van der Waals surface area contributed by atoms with Crippen LogP contribution in [0.1, 0.15) is 74.6 Å². The number of carbonyl (C=O) groups excluding carboxylic acids is 2. The van der Waals surface area contributed by atoms with Gasteiger partial charge in [0.15, 0.2) is 0 Å². The number of carbonyl (C=O) groups is 2. The Morgan fingerprint density at radius 1 is 1.03 bits per heavy atom. The molecule has 6 nitrogen and oxygen atoms in total. The van der Waals surface area contributed by atoms with Gasteiger partial charge in [-0.15, -0.1) is 0 Å². The van der Waals surface area contributed by atoms with Crippen LogP contribution < -0.4 is 5.32 Å². The largest absolute Gasteiger partial charge is 0.352 e. The van der Waals surface area contributed by atoms with Gasteiger partial charge >= 0.3 is 0 Å². The Balaban J connectivity index is 1.10. The van der Waals surface area contributed by atoms with E-state index in [0.29, 0.717) is 23.9 Å². The van der Waals surface area contributed by atoms with Crippen LogP contribution in [0.25, 0.3) is 5.65 Å². The first-order chi connectivity index (χ1) is 14.7. The molecule has 2 amide bonds. The molecule has 2 fully saturated rings. The molecule has 0 aromatic carbocycles. The van der Waals surface area contributed by atoms with Crippen LogP contribution in [0.2, 0.25) is 0 Å². The van der Waals surface area contributed by atoms with Gasteiger partial charge in [0.1, 0.15) is 5.65 Å². The van der Waals surface area contributed by atoms with E-state index in [4.69, 9.17) is 0 Å². The second-order valence-corrected chi connectivity index (χ2v) is 8.97. The van der Waals surface area contributed by atoms with Crippen LogP contribution in [0.15, 0.2) is 30.7 Å². The van der Waals surface area contributed by atoms with Crippen LogP contribution >= 0.6 is 0 Å². The van der Waals surface area contributed by atoms with Crippen molar-refractivity contribution in [1.29, 1.82) is 0 Å². The van der Waals surface area contributed by atoms with E-state index < -0.39 is 0 Å². The van der Waals surface area contributed by atoms with Crippen LogP contribution in [0, 0.1) is 11.8 Å². The van der Waals surface area contributed by atoms with Gasteiger partial charge in [0.05, 0.1) is 5.56 Å². The molecule has 1 saturated carbocycles. The maximum Gasteiger partial charge on any atom is 0.252 e. The van der Waals surface area contributed by atoms with Gasteiger partial charge in [0.25, 0.3) is 5.91 Å². The van der Waals surface area contributed by atoms with E-state index in [1.54, 1.807) is 6.20 Å². The first-order valence-electron chi connectivity index (χ1n) is 11.7. The second-order valence-electron chi connectivity index (χ2n) is 8.97. The normalized spacial score (nSPS) is 18.6. The monoisotopic (exact) mass is 410 g/mol. The third kappa shape index (κ3) is 5.21. The molecule has 162 valence electrons. The van der Waals surface area contributed by atoms with Gasteiger partial charge in [-0.2, -0.15) is 0 Å². The van der Waals surface area contributed by atoms with Crippen molar-refractivity contribution in [2.24, 2.45) is 11.8 Å². The van der Waals surface area contributed by atoms with E-state index in [1.807, 2.05) is 28.9 Å². The molecule has 1 N–H and O–H groups in total. The summed E-state index contributed by atoms with van der Waals surface area (Å²) in [6, 6.07) is 3.68. The van der Waals surface area contributed by atoms with Crippen molar-refractivity contribution in [2.45, 2.75) is 64.2 Å². The molecule has 1 aliphatic heterocycles. The molecule has 30 heavy (non-hydrogen) atoms. The maximum atomic E-state index is 12.7. The molecule has 2 aromatic rings. The molecule has 6 heteroatoms. The molecule has 0 atom stereocenters. The molecule has 0 bridgehead atoms. The summed E-state index contributed by atoms with van der Waals surface area (Å²) in [6.45, 7) is 2.58. The topological polar surface area (TPSA) is 66.7 Å². The molecular formula is C24H34N4O2. The highest BCUT2D eigenvalue weighted by Gasteiger charge is 2.28. The number of amides is 2. The minimum absolute atomic E-state index is 0.0277. The average molecular weight is 411 g/mol. The van der Waals surface area contributed by atoms with Gasteiger partial charge < -0.3 is 14.6 Å². The van der Waals surface area contributed by atoms with Crippen molar-refractivity contribution in [3.8, 4) is 0 Å². The molecule has 1 aliphatic carbocycles. The van der Waals surface area contributed by atoms with Crippen LogP contribution in [-0.2, 0) is 4.79 Å². The summed E-state index contributed by atoms with van der Waals surface area (Å²) in [5.74, 6) is 1.41. The lowest BCUT2D eigenvalue weighted by atomic mass is 9.86. The molecule has 2 aromatic heterocycles. The Bertz CT molecular complexity index is 848. The summed E-state index contributed by atoms with van der Waals surface area (Å²) in [5.41, 5.74) is 1.51. The van der Waals surface area contributed by atoms with E-state index in [-0.39, 0.29) is 5.91 Å². The quantitative estimate of drug-likeness (QED) is 0.700. The lowest BCUT2D eigenvalue weighted by Gasteiger charge is -2.35. The van der Waals surface area contributed by atoms with E-state index in [9.17, 15) is 9.59 Å². The summed E-state index contributed by atoms with van der Waals surface area (Å²) < 4.78 is 1.86. The Hall–Kier alpha value is -2.37. The van der Waals surface area contributed by atoms with Crippen LogP contribution in [-0.4, -0.2) is 45.7 Å². The van der Waals surface area contributed by atoms with Crippen LogP contribution in [0.5, 0.6) is 0 Å². The fraction of sp³-hybridized carbons (Fsp3) is 0.625. The second kappa shape index (κ2) is 10.1. The lowest BCUT2D eigenvalue weighted by molar-refractivity contribution is -0.138. The maximum absolute atomic E-state index is 12.7. The highest BCUT2D eigenvalue weighted by Crippen LogP contribution is 2.28. The summed E-state index contributed by atoms with van der Waals surface area (Å²) in [5, 5.41) is 3.03. The summed E-state index contributed by atoms with van der Waals surface area (Å²) in [6.07, 6.45) is 16.9. The number of nitrogens with zero attached hydrogens (tertiary/aromatic N) is 3. The predicted molar refractivity (Wildman–Crippen MR) is 117 cm³/mol. The molecule has 4 rings (SSSR count). The number of aromatic nitrogens is 2. The van der Waals surface area contributed by atoms with E-state index in [2.05, 4.69) is 15.2 Å².